The molecule has 6 atom stereocenters. The van der Waals surface area contributed by atoms with Gasteiger partial charge in [0.05, 0.1) is 11.8 Å². The van der Waals surface area contributed by atoms with E-state index in [9.17, 15) is 19.2 Å². The quantitative estimate of drug-likeness (QED) is 0.331. The summed E-state index contributed by atoms with van der Waals surface area (Å²) >= 11 is 0. The van der Waals surface area contributed by atoms with Crippen LogP contribution in [-0.2, 0) is 19.1 Å². The van der Waals surface area contributed by atoms with Gasteiger partial charge in [-0.1, -0.05) is 29.8 Å². The number of hydrogen-bond acceptors (Lipinski definition) is 5. The van der Waals surface area contributed by atoms with Crippen molar-refractivity contribution >= 4 is 23.6 Å². The molecule has 4 aliphatic carbocycles. The van der Waals surface area contributed by atoms with Gasteiger partial charge in [0.1, 0.15) is 6.54 Å². The average molecular weight is 393 g/mol. The highest BCUT2D eigenvalue weighted by Gasteiger charge is 2.67. The highest BCUT2D eigenvalue weighted by Crippen LogP contribution is 2.65. The normalized spacial score (nSPS) is 33.5. The van der Waals surface area contributed by atoms with E-state index in [4.69, 9.17) is 4.74 Å². The van der Waals surface area contributed by atoms with Gasteiger partial charge in [-0.2, -0.15) is 0 Å². The number of allylic oxidation sites excluding steroid dienone is 2. The average Bonchev–Trinajstić information content (AvgIpc) is 3.49. The maximum Gasteiger partial charge on any atom is 0.326 e. The van der Waals surface area contributed by atoms with Crippen LogP contribution in [0.3, 0.4) is 0 Å². The number of nitrogens with zero attached hydrogens (tertiary/aromatic N) is 1. The van der Waals surface area contributed by atoms with Gasteiger partial charge in [0.2, 0.25) is 17.6 Å². The predicted molar refractivity (Wildman–Crippen MR) is 103 cm³/mol. The lowest BCUT2D eigenvalue weighted by atomic mass is 9.63. The van der Waals surface area contributed by atoms with Crippen LogP contribution >= 0.6 is 0 Å². The third-order valence-electron chi connectivity index (χ3n) is 7.10. The Morgan fingerprint density at radius 1 is 1.03 bits per heavy atom. The molecule has 1 aliphatic heterocycles. The number of imide groups is 1. The van der Waals surface area contributed by atoms with Crippen LogP contribution in [0.4, 0.5) is 0 Å². The Morgan fingerprint density at radius 2 is 1.66 bits per heavy atom. The molecule has 2 amide bonds. The summed E-state index contributed by atoms with van der Waals surface area (Å²) in [6, 6.07) is 5.52. The van der Waals surface area contributed by atoms with Gasteiger partial charge < -0.3 is 4.74 Å². The fourth-order valence-corrected chi connectivity index (χ4v) is 5.61. The Morgan fingerprint density at radius 3 is 2.28 bits per heavy atom. The number of esters is 1. The molecule has 1 heterocycles. The van der Waals surface area contributed by atoms with Crippen LogP contribution in [0, 0.1) is 49.4 Å². The summed E-state index contributed by atoms with van der Waals surface area (Å²) in [4.78, 5) is 51.5. The highest BCUT2D eigenvalue weighted by molar-refractivity contribution is 6.08. The van der Waals surface area contributed by atoms with E-state index < -0.39 is 19.1 Å². The minimum absolute atomic E-state index is 0.123. The van der Waals surface area contributed by atoms with Crippen LogP contribution < -0.4 is 0 Å². The Labute approximate surface area is 168 Å². The van der Waals surface area contributed by atoms with Crippen molar-refractivity contribution < 1.29 is 23.9 Å². The van der Waals surface area contributed by atoms with Crippen LogP contribution in [0.15, 0.2) is 30.4 Å². The molecule has 0 aromatic heterocycles. The maximum absolute atomic E-state index is 12.9. The second kappa shape index (κ2) is 6.37. The maximum atomic E-state index is 12.9. The van der Waals surface area contributed by atoms with E-state index in [0.717, 1.165) is 22.4 Å². The van der Waals surface area contributed by atoms with Gasteiger partial charge >= 0.3 is 5.97 Å². The molecule has 2 saturated carbocycles. The third-order valence-corrected chi connectivity index (χ3v) is 7.10. The Bertz CT molecular complexity index is 943. The van der Waals surface area contributed by atoms with Crippen molar-refractivity contribution in [1.29, 1.82) is 0 Å². The van der Waals surface area contributed by atoms with Crippen LogP contribution in [0.5, 0.6) is 0 Å². The number of amides is 2. The zero-order valence-electron chi connectivity index (χ0n) is 16.5. The van der Waals surface area contributed by atoms with Crippen molar-refractivity contribution in [2.45, 2.75) is 20.3 Å². The number of rotatable bonds is 5. The zero-order chi connectivity index (χ0) is 20.4. The molecule has 6 nitrogen and oxygen atoms in total. The second-order valence-electron chi connectivity index (χ2n) is 8.82. The van der Waals surface area contributed by atoms with Crippen LogP contribution in [-0.4, -0.2) is 41.6 Å². The molecule has 5 aliphatic rings. The van der Waals surface area contributed by atoms with Gasteiger partial charge in [-0.25, -0.2) is 0 Å². The number of ketones is 1. The molecule has 1 aromatic rings. The first-order chi connectivity index (χ1) is 13.9. The van der Waals surface area contributed by atoms with Crippen molar-refractivity contribution in [2.24, 2.45) is 35.5 Å². The number of likely N-dealkylation sites (tertiary alicyclic amines) is 1. The first-order valence-electron chi connectivity index (χ1n) is 10.2. The van der Waals surface area contributed by atoms with Gasteiger partial charge in [0.25, 0.3) is 0 Å². The largest absolute Gasteiger partial charge is 0.456 e. The number of aryl methyl sites for hydroxylation is 2. The Kier molecular flexibility index (Phi) is 4.02. The first-order valence-corrected chi connectivity index (χ1v) is 10.2. The van der Waals surface area contributed by atoms with Crippen molar-refractivity contribution in [2.75, 3.05) is 13.2 Å². The summed E-state index contributed by atoms with van der Waals surface area (Å²) in [6.07, 6.45) is 5.28. The topological polar surface area (TPSA) is 80.8 Å². The van der Waals surface area contributed by atoms with Crippen molar-refractivity contribution in [3.05, 3.63) is 47.0 Å². The summed E-state index contributed by atoms with van der Waals surface area (Å²) in [7, 11) is 0. The number of carbonyl (C=O) groups is 4. The Balaban J connectivity index is 1.23. The summed E-state index contributed by atoms with van der Waals surface area (Å²) in [5.41, 5.74) is 2.27. The van der Waals surface area contributed by atoms with E-state index in [1.165, 1.54) is 0 Å². The van der Waals surface area contributed by atoms with E-state index in [1.54, 1.807) is 6.07 Å². The number of carbonyl (C=O) groups excluding carboxylic acids is 4. The number of Topliss-reactive ketones (excluding diaryl/α,β-unsaturated/α-hetero) is 1. The number of benzene rings is 1. The van der Waals surface area contributed by atoms with Gasteiger partial charge in [0.15, 0.2) is 6.61 Å². The van der Waals surface area contributed by atoms with E-state index >= 15 is 0 Å². The van der Waals surface area contributed by atoms with Crippen molar-refractivity contribution in [1.82, 2.24) is 4.90 Å². The summed E-state index contributed by atoms with van der Waals surface area (Å²) < 4.78 is 5.11. The van der Waals surface area contributed by atoms with E-state index in [-0.39, 0.29) is 41.3 Å². The first kappa shape index (κ1) is 18.3. The second-order valence-corrected chi connectivity index (χ2v) is 8.82. The zero-order valence-corrected chi connectivity index (χ0v) is 16.5. The molecule has 0 N–H and O–H groups in total. The van der Waals surface area contributed by atoms with Gasteiger partial charge in [0, 0.05) is 5.56 Å². The molecular weight excluding hydrogens is 370 g/mol. The lowest BCUT2D eigenvalue weighted by Crippen LogP contribution is -2.40. The van der Waals surface area contributed by atoms with E-state index in [0.29, 0.717) is 17.4 Å². The molecule has 2 bridgehead atoms. The molecule has 0 radical (unpaired) electrons. The van der Waals surface area contributed by atoms with Crippen LogP contribution in [0.2, 0.25) is 0 Å². The lowest BCUT2D eigenvalue weighted by molar-refractivity contribution is -0.152. The van der Waals surface area contributed by atoms with Gasteiger partial charge in [-0.3, -0.25) is 24.1 Å². The fraction of sp³-hybridized carbons (Fsp3) is 0.478. The standard InChI is InChI=1S/C23H23NO5/c1-11-3-4-12(2)15(7-11)18(25)10-29-19(26)9-24-22(27)20-13-5-6-14(17-8-16(13)17)21(20)23(24)28/h3-7,13-14,16-17,20-21H,8-10H2,1-2H3/t13-,14-,16-,17-,20+,21+/m0/s1. The predicted octanol–water partition coefficient (Wildman–Crippen LogP) is 2.08. The number of ether oxygens (including phenoxy) is 1. The van der Waals surface area contributed by atoms with Crippen molar-refractivity contribution in [3.63, 3.8) is 0 Å². The molecule has 29 heavy (non-hydrogen) atoms. The molecule has 0 unspecified atom stereocenters. The summed E-state index contributed by atoms with van der Waals surface area (Å²) in [5.74, 6) is -0.919. The SMILES string of the molecule is Cc1ccc(C)c(C(=O)COC(=O)CN2C(=O)[C@@H]3[C@H]4C=C[C@@H]([C@@H]5C[C@@H]45)[C@H]3C2=O)c1. The fourth-order valence-electron chi connectivity index (χ4n) is 5.61. The smallest absolute Gasteiger partial charge is 0.326 e. The molecule has 3 fully saturated rings. The molecule has 6 rings (SSSR count). The molecule has 1 aromatic carbocycles. The lowest BCUT2D eigenvalue weighted by Gasteiger charge is -2.37. The summed E-state index contributed by atoms with van der Waals surface area (Å²) in [6.45, 7) is 2.89. The molecule has 150 valence electrons. The third kappa shape index (κ3) is 2.76. The minimum atomic E-state index is -0.727. The Hall–Kier alpha value is -2.76. The molecule has 1 saturated heterocycles. The monoisotopic (exact) mass is 393 g/mol. The molecule has 6 heteroatoms. The van der Waals surface area contributed by atoms with E-state index in [1.807, 2.05) is 26.0 Å². The van der Waals surface area contributed by atoms with Gasteiger partial charge in [-0.05, 0) is 55.6 Å². The van der Waals surface area contributed by atoms with Crippen LogP contribution in [0.1, 0.15) is 27.9 Å². The highest BCUT2D eigenvalue weighted by atomic mass is 16.5. The van der Waals surface area contributed by atoms with Crippen LogP contribution in [0.25, 0.3) is 0 Å². The number of hydrogen-bond donors (Lipinski definition) is 0. The van der Waals surface area contributed by atoms with E-state index in [2.05, 4.69) is 12.2 Å². The summed E-state index contributed by atoms with van der Waals surface area (Å²) in [5, 5.41) is 0. The van der Waals surface area contributed by atoms with Gasteiger partial charge in [-0.15, -0.1) is 0 Å². The minimum Gasteiger partial charge on any atom is -0.456 e. The molecular formula is C23H23NO5. The molecule has 0 spiro atoms. The van der Waals surface area contributed by atoms with Crippen molar-refractivity contribution in [3.8, 4) is 0 Å².